The Balaban J connectivity index is 2.08. The molecule has 18 heavy (non-hydrogen) atoms. The van der Waals surface area contributed by atoms with Crippen molar-refractivity contribution in [2.45, 2.75) is 31.3 Å². The van der Waals surface area contributed by atoms with Crippen LogP contribution in [-0.4, -0.2) is 16.8 Å². The van der Waals surface area contributed by atoms with E-state index in [2.05, 4.69) is 5.32 Å². The van der Waals surface area contributed by atoms with Crippen LogP contribution in [0, 0.1) is 5.92 Å². The highest BCUT2D eigenvalue weighted by Crippen LogP contribution is 2.44. The number of para-hydroxylation sites is 1. The van der Waals surface area contributed by atoms with E-state index in [9.17, 15) is 14.7 Å². The number of fused-ring (bicyclic) bond motifs is 1. The molecule has 1 fully saturated rings. The third-order valence-electron chi connectivity index (χ3n) is 3.99. The van der Waals surface area contributed by atoms with Crippen LogP contribution in [0.15, 0.2) is 24.3 Å². The van der Waals surface area contributed by atoms with Crippen molar-refractivity contribution in [3.8, 4) is 0 Å². The number of hydrogen-bond donors (Lipinski definition) is 2. The smallest absolute Gasteiger partial charge is 0.261 e. The van der Waals surface area contributed by atoms with Gasteiger partial charge in [-0.2, -0.15) is 0 Å². The predicted octanol–water partition coefficient (Wildman–Crippen LogP) is 1.59. The number of Topliss-reactive ketones (excluding diaryl/α,β-unsaturated/α-hetero) is 1. The Labute approximate surface area is 105 Å². The van der Waals surface area contributed by atoms with Gasteiger partial charge in [0.05, 0.1) is 5.92 Å². The van der Waals surface area contributed by atoms with Crippen molar-refractivity contribution in [2.24, 2.45) is 5.92 Å². The van der Waals surface area contributed by atoms with Crippen molar-refractivity contribution in [2.75, 3.05) is 5.32 Å². The van der Waals surface area contributed by atoms with Crippen molar-refractivity contribution in [1.82, 2.24) is 0 Å². The molecule has 1 aromatic rings. The summed E-state index contributed by atoms with van der Waals surface area (Å²) in [7, 11) is 0. The van der Waals surface area contributed by atoms with Crippen LogP contribution in [0.5, 0.6) is 0 Å². The van der Waals surface area contributed by atoms with Gasteiger partial charge < -0.3 is 10.4 Å². The lowest BCUT2D eigenvalue weighted by Crippen LogP contribution is -2.46. The topological polar surface area (TPSA) is 66.4 Å². The van der Waals surface area contributed by atoms with Gasteiger partial charge in [0.2, 0.25) is 0 Å². The number of ketones is 1. The van der Waals surface area contributed by atoms with Gasteiger partial charge in [0.25, 0.3) is 5.91 Å². The molecular formula is C14H15NO3. The molecule has 2 N–H and O–H groups in total. The highest BCUT2D eigenvalue weighted by Gasteiger charge is 2.53. The Kier molecular flexibility index (Phi) is 2.48. The van der Waals surface area contributed by atoms with Crippen molar-refractivity contribution in [1.29, 1.82) is 0 Å². The van der Waals surface area contributed by atoms with Crippen LogP contribution in [0.2, 0.25) is 0 Å². The lowest BCUT2D eigenvalue weighted by Gasteiger charge is -2.32. The van der Waals surface area contributed by atoms with Crippen molar-refractivity contribution >= 4 is 17.4 Å². The Morgan fingerprint density at radius 3 is 2.78 bits per heavy atom. The summed E-state index contributed by atoms with van der Waals surface area (Å²) in [6.07, 6.45) is 2.78. The van der Waals surface area contributed by atoms with Crippen LogP contribution < -0.4 is 5.32 Å². The number of anilines is 1. The molecule has 1 amide bonds. The van der Waals surface area contributed by atoms with Crippen LogP contribution in [0.4, 0.5) is 5.69 Å². The SMILES string of the molecule is O=C1CCCC[C@H]1[C@]1(O)C(=O)Nc2ccccc21. The molecular weight excluding hydrogens is 230 g/mol. The molecule has 1 aromatic carbocycles. The van der Waals surface area contributed by atoms with Crippen LogP contribution in [0.3, 0.4) is 0 Å². The number of carbonyl (C=O) groups excluding carboxylic acids is 2. The van der Waals surface area contributed by atoms with Crippen LogP contribution in [0.25, 0.3) is 0 Å². The summed E-state index contributed by atoms with van der Waals surface area (Å²) in [5, 5.41) is 13.4. The molecule has 0 spiro atoms. The number of amides is 1. The molecule has 1 aliphatic heterocycles. The van der Waals surface area contributed by atoms with Crippen LogP contribution in [0.1, 0.15) is 31.2 Å². The van der Waals surface area contributed by atoms with Gasteiger partial charge in [0.15, 0.2) is 5.60 Å². The minimum atomic E-state index is -1.67. The number of benzene rings is 1. The molecule has 0 unspecified atom stereocenters. The highest BCUT2D eigenvalue weighted by atomic mass is 16.3. The van der Waals surface area contributed by atoms with E-state index in [0.717, 1.165) is 12.8 Å². The van der Waals surface area contributed by atoms with Crippen LogP contribution in [-0.2, 0) is 15.2 Å². The fourth-order valence-corrected chi connectivity index (χ4v) is 3.04. The minimum Gasteiger partial charge on any atom is -0.375 e. The second-order valence-electron chi connectivity index (χ2n) is 5.03. The maximum Gasteiger partial charge on any atom is 0.261 e. The van der Waals surface area contributed by atoms with Gasteiger partial charge >= 0.3 is 0 Å². The van der Waals surface area contributed by atoms with Gasteiger partial charge in [-0.05, 0) is 18.9 Å². The van der Waals surface area contributed by atoms with E-state index in [1.54, 1.807) is 24.3 Å². The average Bonchev–Trinajstić information content (AvgIpc) is 2.63. The Bertz CT molecular complexity index is 526. The third kappa shape index (κ3) is 1.42. The summed E-state index contributed by atoms with van der Waals surface area (Å²) < 4.78 is 0. The molecule has 94 valence electrons. The Morgan fingerprint density at radius 1 is 1.22 bits per heavy atom. The lowest BCUT2D eigenvalue weighted by molar-refractivity contribution is -0.150. The van der Waals surface area contributed by atoms with E-state index in [4.69, 9.17) is 0 Å². The van der Waals surface area contributed by atoms with Gasteiger partial charge in [0.1, 0.15) is 5.78 Å². The van der Waals surface area contributed by atoms with Crippen LogP contribution >= 0.6 is 0 Å². The fourth-order valence-electron chi connectivity index (χ4n) is 3.04. The van der Waals surface area contributed by atoms with Gasteiger partial charge in [-0.3, -0.25) is 9.59 Å². The van der Waals surface area contributed by atoms with E-state index in [-0.39, 0.29) is 5.78 Å². The van der Waals surface area contributed by atoms with E-state index in [1.165, 1.54) is 0 Å². The fraction of sp³-hybridized carbons (Fsp3) is 0.429. The summed E-state index contributed by atoms with van der Waals surface area (Å²) in [6.45, 7) is 0. The lowest BCUT2D eigenvalue weighted by atomic mass is 9.73. The first kappa shape index (κ1) is 11.4. The van der Waals surface area contributed by atoms with Crippen molar-refractivity contribution in [3.05, 3.63) is 29.8 Å². The number of hydrogen-bond acceptors (Lipinski definition) is 3. The minimum absolute atomic E-state index is 0.00407. The van der Waals surface area contributed by atoms with Crippen molar-refractivity contribution in [3.63, 3.8) is 0 Å². The van der Waals surface area contributed by atoms with E-state index in [1.807, 2.05) is 0 Å². The summed E-state index contributed by atoms with van der Waals surface area (Å²) in [4.78, 5) is 24.1. The molecule has 4 heteroatoms. The molecule has 1 aliphatic carbocycles. The van der Waals surface area contributed by atoms with E-state index in [0.29, 0.717) is 24.1 Å². The first-order valence-electron chi connectivity index (χ1n) is 6.30. The summed E-state index contributed by atoms with van der Waals surface area (Å²) in [5.41, 5.74) is -0.521. The summed E-state index contributed by atoms with van der Waals surface area (Å²) in [5.74, 6) is -1.07. The largest absolute Gasteiger partial charge is 0.375 e. The maximum atomic E-state index is 12.1. The second kappa shape index (κ2) is 3.92. The number of aliphatic hydroxyl groups is 1. The molecule has 4 nitrogen and oxygen atoms in total. The Hall–Kier alpha value is -1.68. The summed E-state index contributed by atoms with van der Waals surface area (Å²) >= 11 is 0. The molecule has 1 heterocycles. The molecule has 3 rings (SSSR count). The third-order valence-corrected chi connectivity index (χ3v) is 3.99. The van der Waals surface area contributed by atoms with E-state index >= 15 is 0 Å². The average molecular weight is 245 g/mol. The molecule has 2 atom stereocenters. The second-order valence-corrected chi connectivity index (χ2v) is 5.03. The predicted molar refractivity (Wildman–Crippen MR) is 65.9 cm³/mol. The normalized spacial score (nSPS) is 31.1. The molecule has 0 aromatic heterocycles. The molecule has 1 saturated carbocycles. The van der Waals surface area contributed by atoms with Gasteiger partial charge in [-0.1, -0.05) is 24.6 Å². The van der Waals surface area contributed by atoms with Gasteiger partial charge in [-0.15, -0.1) is 0 Å². The maximum absolute atomic E-state index is 12.1. The standard InChI is InChI=1S/C14H15NO3/c16-12-8-4-2-6-10(12)14(18)9-5-1-3-7-11(9)15-13(14)17/h1,3,5,7,10,18H,2,4,6,8H2,(H,15,17)/t10-,14+/m1/s1. The number of rotatable bonds is 1. The zero-order valence-corrected chi connectivity index (χ0v) is 9.98. The highest BCUT2D eigenvalue weighted by molar-refractivity contribution is 6.07. The molecule has 0 bridgehead atoms. The zero-order chi connectivity index (χ0) is 12.8. The molecule has 0 saturated heterocycles. The van der Waals surface area contributed by atoms with E-state index < -0.39 is 17.4 Å². The zero-order valence-electron chi connectivity index (χ0n) is 9.98. The molecule has 0 radical (unpaired) electrons. The first-order chi connectivity index (χ1) is 8.64. The monoisotopic (exact) mass is 245 g/mol. The quantitative estimate of drug-likeness (QED) is 0.789. The number of nitrogens with one attached hydrogen (secondary N) is 1. The van der Waals surface area contributed by atoms with Gasteiger partial charge in [-0.25, -0.2) is 0 Å². The number of carbonyl (C=O) groups is 2. The van der Waals surface area contributed by atoms with Crippen molar-refractivity contribution < 1.29 is 14.7 Å². The summed E-state index contributed by atoms with van der Waals surface area (Å²) in [6, 6.07) is 7.04. The molecule has 2 aliphatic rings. The first-order valence-corrected chi connectivity index (χ1v) is 6.30. The van der Waals surface area contributed by atoms with Gasteiger partial charge in [0, 0.05) is 17.7 Å². The Morgan fingerprint density at radius 2 is 2.00 bits per heavy atom.